The Labute approximate surface area is 127 Å². The molecule has 1 fully saturated rings. The molecule has 2 aromatic heterocycles. The van der Waals surface area contributed by atoms with Gasteiger partial charge in [0.2, 0.25) is 11.0 Å². The van der Waals surface area contributed by atoms with Crippen molar-refractivity contribution in [2.45, 2.75) is 32.2 Å². The zero-order valence-electron chi connectivity index (χ0n) is 11.8. The Kier molecular flexibility index (Phi) is 4.10. The van der Waals surface area contributed by atoms with Crippen LogP contribution < -0.4 is 10.2 Å². The van der Waals surface area contributed by atoms with Crippen molar-refractivity contribution >= 4 is 28.3 Å². The zero-order chi connectivity index (χ0) is 14.7. The third-order valence-electron chi connectivity index (χ3n) is 3.48. The predicted molar refractivity (Wildman–Crippen MR) is 82.5 cm³/mol. The van der Waals surface area contributed by atoms with Gasteiger partial charge in [0.25, 0.3) is 0 Å². The maximum atomic E-state index is 12.6. The van der Waals surface area contributed by atoms with Crippen LogP contribution in [-0.4, -0.2) is 32.8 Å². The summed E-state index contributed by atoms with van der Waals surface area (Å²) < 4.78 is 4.24. The van der Waals surface area contributed by atoms with Crippen molar-refractivity contribution in [1.82, 2.24) is 14.3 Å². The summed E-state index contributed by atoms with van der Waals surface area (Å²) in [6.07, 6.45) is 6.01. The van der Waals surface area contributed by atoms with Crippen LogP contribution in [0.3, 0.4) is 0 Å². The highest BCUT2D eigenvalue weighted by Gasteiger charge is 2.30. The van der Waals surface area contributed by atoms with E-state index in [1.54, 1.807) is 17.3 Å². The lowest BCUT2D eigenvalue weighted by atomic mass is 10.0. The highest BCUT2D eigenvalue weighted by Crippen LogP contribution is 2.23. The molecule has 21 heavy (non-hydrogen) atoms. The number of anilines is 2. The van der Waals surface area contributed by atoms with Crippen LogP contribution in [0.4, 0.5) is 10.8 Å². The standard InChI is InChI=1S/C14H17N5OS/c1-2-12-17-14(21-18-12)16-11-6-4-8-19(13(11)20)10-5-3-7-15-9-10/h3,5,7,9,11H,2,4,6,8H2,1H3,(H,16,17,18)/t11-/m1/s1. The molecule has 0 unspecified atom stereocenters. The van der Waals surface area contributed by atoms with Crippen LogP contribution in [0.2, 0.25) is 0 Å². The number of amides is 1. The predicted octanol–water partition coefficient (Wildman–Crippen LogP) is 2.10. The number of aromatic nitrogens is 3. The van der Waals surface area contributed by atoms with Crippen LogP contribution in [0, 0.1) is 0 Å². The summed E-state index contributed by atoms with van der Waals surface area (Å²) in [4.78, 5) is 22.8. The summed E-state index contributed by atoms with van der Waals surface area (Å²) in [5.41, 5.74) is 0.848. The minimum Gasteiger partial charge on any atom is -0.348 e. The highest BCUT2D eigenvalue weighted by atomic mass is 32.1. The molecule has 0 bridgehead atoms. The third kappa shape index (κ3) is 3.02. The molecule has 110 valence electrons. The molecule has 0 spiro atoms. The van der Waals surface area contributed by atoms with E-state index >= 15 is 0 Å². The summed E-state index contributed by atoms with van der Waals surface area (Å²) in [5, 5.41) is 3.94. The number of hydrogen-bond donors (Lipinski definition) is 1. The van der Waals surface area contributed by atoms with Gasteiger partial charge in [-0.05, 0) is 25.0 Å². The number of hydrogen-bond acceptors (Lipinski definition) is 6. The largest absolute Gasteiger partial charge is 0.348 e. The van der Waals surface area contributed by atoms with Gasteiger partial charge in [0.05, 0.1) is 11.9 Å². The number of nitrogens with one attached hydrogen (secondary N) is 1. The summed E-state index contributed by atoms with van der Waals surface area (Å²) in [6, 6.07) is 3.52. The van der Waals surface area contributed by atoms with Crippen molar-refractivity contribution in [2.75, 3.05) is 16.8 Å². The number of pyridine rings is 1. The fourth-order valence-corrected chi connectivity index (χ4v) is 3.09. The molecule has 3 rings (SSSR count). The lowest BCUT2D eigenvalue weighted by Crippen LogP contribution is -2.47. The van der Waals surface area contributed by atoms with E-state index in [-0.39, 0.29) is 11.9 Å². The Hall–Kier alpha value is -2.02. The van der Waals surface area contributed by atoms with Gasteiger partial charge in [-0.15, -0.1) is 0 Å². The van der Waals surface area contributed by atoms with Crippen LogP contribution in [0.1, 0.15) is 25.6 Å². The second-order valence-electron chi connectivity index (χ2n) is 4.91. The van der Waals surface area contributed by atoms with Gasteiger partial charge in [0.1, 0.15) is 11.9 Å². The second kappa shape index (κ2) is 6.17. The normalized spacial score (nSPS) is 18.8. The fourth-order valence-electron chi connectivity index (χ4n) is 2.38. The van der Waals surface area contributed by atoms with Crippen molar-refractivity contribution in [3.05, 3.63) is 30.4 Å². The molecule has 1 saturated heterocycles. The molecular weight excluding hydrogens is 286 g/mol. The van der Waals surface area contributed by atoms with Gasteiger partial charge in [-0.3, -0.25) is 9.78 Å². The van der Waals surface area contributed by atoms with E-state index in [0.29, 0.717) is 0 Å². The maximum Gasteiger partial charge on any atom is 0.249 e. The average molecular weight is 303 g/mol. The van der Waals surface area contributed by atoms with Crippen molar-refractivity contribution in [1.29, 1.82) is 0 Å². The lowest BCUT2D eigenvalue weighted by Gasteiger charge is -2.32. The number of piperidine rings is 1. The third-order valence-corrected chi connectivity index (χ3v) is 4.16. The molecule has 1 amide bonds. The van der Waals surface area contributed by atoms with E-state index in [9.17, 15) is 4.79 Å². The molecule has 7 heteroatoms. The quantitative estimate of drug-likeness (QED) is 0.936. The lowest BCUT2D eigenvalue weighted by molar-refractivity contribution is -0.120. The van der Waals surface area contributed by atoms with E-state index in [1.807, 2.05) is 19.1 Å². The summed E-state index contributed by atoms with van der Waals surface area (Å²) in [5.74, 6) is 0.886. The molecule has 3 heterocycles. The van der Waals surface area contributed by atoms with Crippen LogP contribution in [-0.2, 0) is 11.2 Å². The van der Waals surface area contributed by atoms with Gasteiger partial charge in [0.15, 0.2) is 0 Å². The number of nitrogens with zero attached hydrogens (tertiary/aromatic N) is 4. The van der Waals surface area contributed by atoms with Gasteiger partial charge in [-0.2, -0.15) is 4.37 Å². The smallest absolute Gasteiger partial charge is 0.249 e. The van der Waals surface area contributed by atoms with Gasteiger partial charge in [-0.25, -0.2) is 4.98 Å². The number of rotatable bonds is 4. The van der Waals surface area contributed by atoms with Crippen LogP contribution in [0.25, 0.3) is 0 Å². The van der Waals surface area contributed by atoms with E-state index in [4.69, 9.17) is 0 Å². The highest BCUT2D eigenvalue weighted by molar-refractivity contribution is 7.09. The molecule has 0 radical (unpaired) electrons. The minimum absolute atomic E-state index is 0.0718. The van der Waals surface area contributed by atoms with Crippen LogP contribution >= 0.6 is 11.5 Å². The Balaban J connectivity index is 1.73. The van der Waals surface area contributed by atoms with Gasteiger partial charge < -0.3 is 10.2 Å². The summed E-state index contributed by atoms with van der Waals surface area (Å²) >= 11 is 1.31. The Bertz CT molecular complexity index is 615. The molecule has 1 N–H and O–H groups in total. The van der Waals surface area contributed by atoms with Gasteiger partial charge in [-0.1, -0.05) is 6.92 Å². The molecule has 0 aliphatic carbocycles. The van der Waals surface area contributed by atoms with E-state index < -0.39 is 0 Å². The van der Waals surface area contributed by atoms with Crippen LogP contribution in [0.15, 0.2) is 24.5 Å². The van der Waals surface area contributed by atoms with Crippen molar-refractivity contribution in [3.8, 4) is 0 Å². The molecule has 0 saturated carbocycles. The first kappa shape index (κ1) is 13.9. The average Bonchev–Trinajstić information content (AvgIpc) is 2.98. The van der Waals surface area contributed by atoms with E-state index in [1.165, 1.54) is 11.5 Å². The Morgan fingerprint density at radius 1 is 1.52 bits per heavy atom. The fraction of sp³-hybridized carbons (Fsp3) is 0.429. The summed E-state index contributed by atoms with van der Waals surface area (Å²) in [7, 11) is 0. The summed E-state index contributed by atoms with van der Waals surface area (Å²) in [6.45, 7) is 2.75. The molecule has 6 nitrogen and oxygen atoms in total. The first-order valence-corrected chi connectivity index (χ1v) is 7.86. The van der Waals surface area contributed by atoms with Gasteiger partial charge >= 0.3 is 0 Å². The molecule has 1 atom stereocenters. The molecule has 0 aromatic carbocycles. The maximum absolute atomic E-state index is 12.6. The first-order chi connectivity index (χ1) is 10.3. The number of aryl methyl sites for hydroxylation is 1. The monoisotopic (exact) mass is 303 g/mol. The minimum atomic E-state index is -0.239. The number of carbonyl (C=O) groups excluding carboxylic acids is 1. The van der Waals surface area contributed by atoms with Gasteiger partial charge in [0, 0.05) is 30.7 Å². The van der Waals surface area contributed by atoms with Crippen molar-refractivity contribution in [3.63, 3.8) is 0 Å². The molecule has 1 aliphatic heterocycles. The van der Waals surface area contributed by atoms with E-state index in [2.05, 4.69) is 19.7 Å². The molecule has 2 aromatic rings. The zero-order valence-corrected chi connectivity index (χ0v) is 12.6. The van der Waals surface area contributed by atoms with Crippen molar-refractivity contribution < 1.29 is 4.79 Å². The Morgan fingerprint density at radius 2 is 2.43 bits per heavy atom. The topological polar surface area (TPSA) is 71.0 Å². The second-order valence-corrected chi connectivity index (χ2v) is 5.66. The number of carbonyl (C=O) groups is 1. The Morgan fingerprint density at radius 3 is 3.14 bits per heavy atom. The van der Waals surface area contributed by atoms with Crippen LogP contribution in [0.5, 0.6) is 0 Å². The van der Waals surface area contributed by atoms with Crippen molar-refractivity contribution in [2.24, 2.45) is 0 Å². The SMILES string of the molecule is CCc1nsc(N[C@@H]2CCCN(c3cccnc3)C2=O)n1. The van der Waals surface area contributed by atoms with E-state index in [0.717, 1.165) is 42.5 Å². The molecule has 1 aliphatic rings. The first-order valence-electron chi connectivity index (χ1n) is 7.08. The molecular formula is C14H17N5OS.